The number of rotatable bonds is 5. The van der Waals surface area contributed by atoms with Gasteiger partial charge in [0.05, 0.1) is 5.56 Å². The van der Waals surface area contributed by atoms with Crippen LogP contribution in [0.1, 0.15) is 44.9 Å². The Balaban J connectivity index is 2.32. The highest BCUT2D eigenvalue weighted by atomic mass is 16.5. The highest BCUT2D eigenvalue weighted by Crippen LogP contribution is 2.32. The maximum absolute atomic E-state index is 12.4. The van der Waals surface area contributed by atoms with Gasteiger partial charge in [0.25, 0.3) is 5.56 Å². The second-order valence-corrected chi connectivity index (χ2v) is 6.42. The lowest BCUT2D eigenvalue weighted by molar-refractivity contribution is -0.137. The van der Waals surface area contributed by atoms with Gasteiger partial charge in [0, 0.05) is 11.8 Å². The van der Waals surface area contributed by atoms with Gasteiger partial charge in [0.1, 0.15) is 17.9 Å². The number of allylic oxidation sites excluding steroid dienone is 2. The van der Waals surface area contributed by atoms with Crippen LogP contribution in [0.3, 0.4) is 0 Å². The van der Waals surface area contributed by atoms with Crippen molar-refractivity contribution in [2.75, 3.05) is 0 Å². The van der Waals surface area contributed by atoms with E-state index in [9.17, 15) is 9.59 Å². The average Bonchev–Trinajstić information content (AvgIpc) is 2.42. The van der Waals surface area contributed by atoms with Crippen LogP contribution >= 0.6 is 0 Å². The fraction of sp³-hybridized carbons (Fsp3) is 0.444. The number of aliphatic carboxylic acids is 1. The Hall–Kier alpha value is -2.30. The minimum atomic E-state index is -1.04. The molecule has 0 saturated carbocycles. The number of hydrogen-bond donors (Lipinski definition) is 1. The van der Waals surface area contributed by atoms with Crippen LogP contribution in [0.25, 0.3) is 6.08 Å². The number of nitrogens with zero attached hydrogens (tertiary/aromatic N) is 1. The lowest BCUT2D eigenvalue weighted by Crippen LogP contribution is -2.35. The first-order chi connectivity index (χ1) is 10.7. The SMILES string of the molecule is CC(C)=CCC[C@@]1(C)C=Cc2c(cc(C)n(CC(=O)O)c2=O)O1. The molecule has 1 aliphatic heterocycles. The van der Waals surface area contributed by atoms with Crippen LogP contribution in [0.15, 0.2) is 28.6 Å². The summed E-state index contributed by atoms with van der Waals surface area (Å²) >= 11 is 0. The summed E-state index contributed by atoms with van der Waals surface area (Å²) in [4.78, 5) is 23.3. The zero-order valence-corrected chi connectivity index (χ0v) is 14.0. The number of aryl methyl sites for hydroxylation is 1. The van der Waals surface area contributed by atoms with Crippen molar-refractivity contribution in [1.29, 1.82) is 0 Å². The number of carboxylic acid groups (broad SMARTS) is 1. The van der Waals surface area contributed by atoms with E-state index in [0.29, 0.717) is 17.0 Å². The fourth-order valence-corrected chi connectivity index (χ4v) is 2.65. The molecule has 0 radical (unpaired) electrons. The van der Waals surface area contributed by atoms with Crippen LogP contribution in [0.4, 0.5) is 0 Å². The quantitative estimate of drug-likeness (QED) is 0.847. The van der Waals surface area contributed by atoms with Gasteiger partial charge in [-0.05, 0) is 52.7 Å². The smallest absolute Gasteiger partial charge is 0.323 e. The summed E-state index contributed by atoms with van der Waals surface area (Å²) in [6.07, 6.45) is 7.50. The van der Waals surface area contributed by atoms with Gasteiger partial charge in [0.2, 0.25) is 0 Å². The molecule has 1 N–H and O–H groups in total. The standard InChI is InChI=1S/C18H23NO4/c1-12(2)6-5-8-18(4)9-7-14-15(23-18)10-13(3)19(17(14)22)11-16(20)21/h6-7,9-10H,5,8,11H2,1-4H3,(H,20,21)/t18-/m0/s1. The molecular formula is C18H23NO4. The summed E-state index contributed by atoms with van der Waals surface area (Å²) in [5.74, 6) is -0.515. The van der Waals surface area contributed by atoms with E-state index in [1.54, 1.807) is 19.1 Å². The lowest BCUT2D eigenvalue weighted by atomic mass is 9.95. The fourth-order valence-electron chi connectivity index (χ4n) is 2.65. The molecule has 0 unspecified atom stereocenters. The Kier molecular flexibility index (Phi) is 4.78. The molecule has 1 atom stereocenters. The minimum absolute atomic E-state index is 0.329. The third kappa shape index (κ3) is 3.92. The molecule has 1 aromatic rings. The summed E-state index contributed by atoms with van der Waals surface area (Å²) in [6.45, 7) is 7.48. The first-order valence-electron chi connectivity index (χ1n) is 7.70. The molecule has 1 aromatic heterocycles. The molecule has 0 saturated heterocycles. The molecule has 5 heteroatoms. The zero-order chi connectivity index (χ0) is 17.2. The van der Waals surface area contributed by atoms with Gasteiger partial charge < -0.3 is 14.4 Å². The Morgan fingerprint density at radius 3 is 2.74 bits per heavy atom. The third-order valence-electron chi connectivity index (χ3n) is 3.94. The molecule has 2 rings (SSSR count). The predicted octanol–water partition coefficient (Wildman–Crippen LogP) is 3.15. The van der Waals surface area contributed by atoms with Gasteiger partial charge in [-0.25, -0.2) is 0 Å². The van der Waals surface area contributed by atoms with Crippen LogP contribution in [0, 0.1) is 6.92 Å². The first kappa shape index (κ1) is 17.1. The number of ether oxygens (including phenoxy) is 1. The topological polar surface area (TPSA) is 68.5 Å². The lowest BCUT2D eigenvalue weighted by Gasteiger charge is -2.31. The van der Waals surface area contributed by atoms with Crippen LogP contribution in [-0.4, -0.2) is 21.2 Å². The molecule has 0 aliphatic carbocycles. The van der Waals surface area contributed by atoms with Gasteiger partial charge >= 0.3 is 5.97 Å². The van der Waals surface area contributed by atoms with E-state index < -0.39 is 11.6 Å². The molecule has 2 heterocycles. The van der Waals surface area contributed by atoms with E-state index in [4.69, 9.17) is 9.84 Å². The number of pyridine rings is 1. The van der Waals surface area contributed by atoms with Crippen molar-refractivity contribution in [3.05, 3.63) is 45.4 Å². The highest BCUT2D eigenvalue weighted by molar-refractivity contribution is 5.67. The van der Waals surface area contributed by atoms with Crippen molar-refractivity contribution in [2.45, 2.75) is 52.7 Å². The number of hydrogen-bond acceptors (Lipinski definition) is 3. The maximum atomic E-state index is 12.4. The second-order valence-electron chi connectivity index (χ2n) is 6.42. The molecule has 1 aliphatic rings. The second kappa shape index (κ2) is 6.44. The van der Waals surface area contributed by atoms with Gasteiger partial charge in [-0.15, -0.1) is 0 Å². The van der Waals surface area contributed by atoms with Gasteiger partial charge in [-0.2, -0.15) is 0 Å². The van der Waals surface area contributed by atoms with Crippen molar-refractivity contribution < 1.29 is 14.6 Å². The largest absolute Gasteiger partial charge is 0.483 e. The maximum Gasteiger partial charge on any atom is 0.323 e. The van der Waals surface area contributed by atoms with Gasteiger partial charge in [0.15, 0.2) is 0 Å². The van der Waals surface area contributed by atoms with Crippen molar-refractivity contribution in [2.24, 2.45) is 0 Å². The Morgan fingerprint density at radius 1 is 1.43 bits per heavy atom. The van der Waals surface area contributed by atoms with Crippen molar-refractivity contribution in [1.82, 2.24) is 4.57 Å². The summed E-state index contributed by atoms with van der Waals surface area (Å²) in [6, 6.07) is 1.74. The number of carbonyl (C=O) groups is 1. The summed E-state index contributed by atoms with van der Waals surface area (Å²) in [5, 5.41) is 8.93. The van der Waals surface area contributed by atoms with Crippen molar-refractivity contribution in [3.8, 4) is 5.75 Å². The Bertz CT molecular complexity index is 738. The molecule has 0 fully saturated rings. The number of carboxylic acids is 1. The zero-order valence-electron chi connectivity index (χ0n) is 14.0. The highest BCUT2D eigenvalue weighted by Gasteiger charge is 2.28. The molecule has 5 nitrogen and oxygen atoms in total. The van der Waals surface area contributed by atoms with E-state index in [2.05, 4.69) is 19.9 Å². The van der Waals surface area contributed by atoms with Crippen LogP contribution < -0.4 is 10.3 Å². The monoisotopic (exact) mass is 317 g/mol. The molecular weight excluding hydrogens is 294 g/mol. The normalized spacial score (nSPS) is 19.0. The molecule has 0 bridgehead atoms. The van der Waals surface area contributed by atoms with Crippen LogP contribution in [-0.2, 0) is 11.3 Å². The summed E-state index contributed by atoms with van der Waals surface area (Å²) < 4.78 is 7.30. The first-order valence-corrected chi connectivity index (χ1v) is 7.70. The minimum Gasteiger partial charge on any atom is -0.483 e. The van der Waals surface area contributed by atoms with E-state index in [1.165, 1.54) is 10.1 Å². The van der Waals surface area contributed by atoms with E-state index in [-0.39, 0.29) is 12.1 Å². The third-order valence-corrected chi connectivity index (χ3v) is 3.94. The van der Waals surface area contributed by atoms with Crippen molar-refractivity contribution >= 4 is 12.0 Å². The number of aromatic nitrogens is 1. The van der Waals surface area contributed by atoms with Gasteiger partial charge in [-0.3, -0.25) is 9.59 Å². The Morgan fingerprint density at radius 2 is 2.13 bits per heavy atom. The van der Waals surface area contributed by atoms with Crippen LogP contribution in [0.2, 0.25) is 0 Å². The average molecular weight is 317 g/mol. The summed E-state index contributed by atoms with van der Waals surface area (Å²) in [5.41, 5.74) is 1.47. The summed E-state index contributed by atoms with van der Waals surface area (Å²) in [7, 11) is 0. The predicted molar refractivity (Wildman–Crippen MR) is 89.8 cm³/mol. The molecule has 23 heavy (non-hydrogen) atoms. The molecule has 124 valence electrons. The molecule has 0 amide bonds. The Labute approximate surface area is 135 Å². The van der Waals surface area contributed by atoms with Crippen molar-refractivity contribution in [3.63, 3.8) is 0 Å². The van der Waals surface area contributed by atoms with E-state index in [1.807, 2.05) is 13.0 Å². The van der Waals surface area contributed by atoms with Crippen LogP contribution in [0.5, 0.6) is 5.75 Å². The van der Waals surface area contributed by atoms with E-state index in [0.717, 1.165) is 12.8 Å². The van der Waals surface area contributed by atoms with Gasteiger partial charge in [-0.1, -0.05) is 11.6 Å². The molecule has 0 spiro atoms. The number of fused-ring (bicyclic) bond motifs is 1. The molecule has 0 aromatic carbocycles. The van der Waals surface area contributed by atoms with E-state index >= 15 is 0 Å².